The van der Waals surface area contributed by atoms with Gasteiger partial charge in [0.05, 0.1) is 14.2 Å². The van der Waals surface area contributed by atoms with Crippen LogP contribution < -0.4 is 15.2 Å². The normalized spacial score (nSPS) is 11.4. The summed E-state index contributed by atoms with van der Waals surface area (Å²) in [5, 5.41) is 0. The summed E-state index contributed by atoms with van der Waals surface area (Å²) in [6.07, 6.45) is 12.6. The van der Waals surface area contributed by atoms with Crippen molar-refractivity contribution in [3.05, 3.63) is 95.6 Å². The Morgan fingerprint density at radius 2 is 0.919 bits per heavy atom. The molecule has 0 radical (unpaired) electrons. The van der Waals surface area contributed by atoms with Gasteiger partial charge in [0.25, 0.3) is 0 Å². The molecule has 0 saturated heterocycles. The summed E-state index contributed by atoms with van der Waals surface area (Å²) in [5.41, 5.74) is 8.14. The lowest BCUT2D eigenvalue weighted by molar-refractivity contribution is 0.0106. The van der Waals surface area contributed by atoms with Crippen LogP contribution in [-0.4, -0.2) is 27.4 Å². The third-order valence-corrected chi connectivity index (χ3v) is 7.09. The van der Waals surface area contributed by atoms with E-state index in [-0.39, 0.29) is 0 Å². The summed E-state index contributed by atoms with van der Waals surface area (Å²) in [6.45, 7) is 1.51. The second-order valence-corrected chi connectivity index (χ2v) is 9.68. The first-order valence-corrected chi connectivity index (χ1v) is 13.9. The minimum Gasteiger partial charge on any atom is -0.497 e. The first-order valence-electron chi connectivity index (χ1n) is 13.9. The fourth-order valence-electron chi connectivity index (χ4n) is 4.96. The van der Waals surface area contributed by atoms with Crippen LogP contribution in [0.1, 0.15) is 80.9 Å². The first kappa shape index (κ1) is 28.7. The van der Waals surface area contributed by atoms with Crippen molar-refractivity contribution in [3.8, 4) is 11.5 Å². The number of nitrogens with two attached hydrogens (primary N) is 1. The minimum absolute atomic E-state index is 0.687. The predicted molar refractivity (Wildman–Crippen MR) is 153 cm³/mol. The van der Waals surface area contributed by atoms with E-state index in [0.29, 0.717) is 6.61 Å². The Morgan fingerprint density at radius 1 is 0.514 bits per heavy atom. The predicted octanol–water partition coefficient (Wildman–Crippen LogP) is 7.87. The molecule has 0 amide bonds. The molecule has 0 aliphatic carbocycles. The van der Waals surface area contributed by atoms with Crippen molar-refractivity contribution in [1.82, 2.24) is 0 Å². The van der Waals surface area contributed by atoms with Crippen LogP contribution in [0.3, 0.4) is 0 Å². The maximum absolute atomic E-state index is 6.93. The Hall–Kier alpha value is -2.82. The molecule has 3 aromatic carbocycles. The van der Waals surface area contributed by atoms with Gasteiger partial charge in [-0.15, -0.1) is 0 Å². The molecule has 4 nitrogen and oxygen atoms in total. The number of unbranched alkanes of at least 4 members (excludes halogenated alkanes) is 9. The van der Waals surface area contributed by atoms with Gasteiger partial charge in [-0.05, 0) is 60.3 Å². The quantitative estimate of drug-likeness (QED) is 0.142. The van der Waals surface area contributed by atoms with Crippen molar-refractivity contribution in [2.75, 3.05) is 27.4 Å². The fraction of sp³-hybridized carbons (Fsp3) is 0.455. The highest BCUT2D eigenvalue weighted by Crippen LogP contribution is 2.41. The minimum atomic E-state index is -0.719. The van der Waals surface area contributed by atoms with Crippen LogP contribution in [0.25, 0.3) is 0 Å². The second-order valence-electron chi connectivity index (χ2n) is 9.68. The molecule has 4 heteroatoms. The van der Waals surface area contributed by atoms with Crippen LogP contribution in [0.4, 0.5) is 0 Å². The van der Waals surface area contributed by atoms with Crippen molar-refractivity contribution in [2.45, 2.75) is 69.8 Å². The molecule has 0 unspecified atom stereocenters. The Balaban J connectivity index is 1.70. The Labute approximate surface area is 224 Å². The zero-order chi connectivity index (χ0) is 26.2. The van der Waals surface area contributed by atoms with Gasteiger partial charge in [0.2, 0.25) is 0 Å². The van der Waals surface area contributed by atoms with Gasteiger partial charge < -0.3 is 19.9 Å². The largest absolute Gasteiger partial charge is 0.497 e. The standard InChI is InChI=1S/C33H45NO3/c1-35-31-22-18-29(19-23-31)33(28-16-12-11-13-17-28,30-20-24-32(36-2)25-21-30)37-27-15-10-8-6-4-3-5-7-9-14-26-34/h11-13,16-25H,3-10,14-15,26-27,34H2,1-2H3. The van der Waals surface area contributed by atoms with Crippen molar-refractivity contribution in [1.29, 1.82) is 0 Å². The SMILES string of the molecule is COc1ccc(C(OCCCCCCCCCCCCN)(c2ccccc2)c2ccc(OC)cc2)cc1. The molecular weight excluding hydrogens is 458 g/mol. The van der Waals surface area contributed by atoms with Gasteiger partial charge in [0.15, 0.2) is 0 Å². The van der Waals surface area contributed by atoms with Crippen LogP contribution in [0.2, 0.25) is 0 Å². The Bertz CT molecular complexity index is 939. The van der Waals surface area contributed by atoms with Crippen LogP contribution in [0.5, 0.6) is 11.5 Å². The number of hydrogen-bond donors (Lipinski definition) is 1. The lowest BCUT2D eigenvalue weighted by Gasteiger charge is -2.36. The number of methoxy groups -OCH3 is 2. The molecule has 37 heavy (non-hydrogen) atoms. The van der Waals surface area contributed by atoms with Gasteiger partial charge in [-0.25, -0.2) is 0 Å². The Kier molecular flexibility index (Phi) is 12.5. The molecule has 3 aromatic rings. The van der Waals surface area contributed by atoms with Gasteiger partial charge in [-0.3, -0.25) is 0 Å². The van der Waals surface area contributed by atoms with E-state index in [1.165, 1.54) is 51.4 Å². The van der Waals surface area contributed by atoms with E-state index in [1.54, 1.807) is 14.2 Å². The lowest BCUT2D eigenvalue weighted by atomic mass is 9.80. The van der Waals surface area contributed by atoms with Gasteiger partial charge >= 0.3 is 0 Å². The number of rotatable bonds is 18. The van der Waals surface area contributed by atoms with Gasteiger partial charge in [-0.2, -0.15) is 0 Å². The summed E-state index contributed by atoms with van der Waals surface area (Å²) >= 11 is 0. The van der Waals surface area contributed by atoms with E-state index in [4.69, 9.17) is 19.9 Å². The molecule has 200 valence electrons. The van der Waals surface area contributed by atoms with E-state index in [0.717, 1.165) is 47.6 Å². The topological polar surface area (TPSA) is 53.7 Å². The van der Waals surface area contributed by atoms with Crippen molar-refractivity contribution in [3.63, 3.8) is 0 Å². The fourth-order valence-corrected chi connectivity index (χ4v) is 4.96. The molecule has 0 bridgehead atoms. The zero-order valence-corrected chi connectivity index (χ0v) is 22.8. The van der Waals surface area contributed by atoms with Crippen molar-refractivity contribution < 1.29 is 14.2 Å². The van der Waals surface area contributed by atoms with E-state index in [1.807, 2.05) is 24.3 Å². The highest BCUT2D eigenvalue weighted by atomic mass is 16.5. The monoisotopic (exact) mass is 503 g/mol. The first-order chi connectivity index (χ1) is 18.2. The summed E-state index contributed by atoms with van der Waals surface area (Å²) in [4.78, 5) is 0. The van der Waals surface area contributed by atoms with E-state index >= 15 is 0 Å². The summed E-state index contributed by atoms with van der Waals surface area (Å²) in [7, 11) is 3.39. The highest BCUT2D eigenvalue weighted by Gasteiger charge is 2.37. The third kappa shape index (κ3) is 8.34. The van der Waals surface area contributed by atoms with Gasteiger partial charge in [0.1, 0.15) is 17.1 Å². The van der Waals surface area contributed by atoms with E-state index in [2.05, 4.69) is 54.6 Å². The van der Waals surface area contributed by atoms with Gasteiger partial charge in [-0.1, -0.05) is 106 Å². The smallest absolute Gasteiger partial charge is 0.143 e. The molecule has 0 aromatic heterocycles. The van der Waals surface area contributed by atoms with Crippen molar-refractivity contribution in [2.24, 2.45) is 5.73 Å². The van der Waals surface area contributed by atoms with Gasteiger partial charge in [0, 0.05) is 6.61 Å². The summed E-state index contributed by atoms with van der Waals surface area (Å²) in [6, 6.07) is 27.0. The van der Waals surface area contributed by atoms with Crippen LogP contribution in [0.15, 0.2) is 78.9 Å². The molecule has 0 heterocycles. The Morgan fingerprint density at radius 3 is 1.35 bits per heavy atom. The molecule has 0 spiro atoms. The lowest BCUT2D eigenvalue weighted by Crippen LogP contribution is -2.33. The second kappa shape index (κ2) is 16.1. The molecule has 0 fully saturated rings. The molecule has 0 aliphatic heterocycles. The molecule has 0 aliphatic rings. The van der Waals surface area contributed by atoms with Crippen molar-refractivity contribution >= 4 is 0 Å². The van der Waals surface area contributed by atoms with Crippen LogP contribution in [-0.2, 0) is 10.3 Å². The molecule has 2 N–H and O–H groups in total. The molecular formula is C33H45NO3. The highest BCUT2D eigenvalue weighted by molar-refractivity contribution is 5.49. The average molecular weight is 504 g/mol. The summed E-state index contributed by atoms with van der Waals surface area (Å²) < 4.78 is 17.8. The third-order valence-electron chi connectivity index (χ3n) is 7.09. The molecule has 0 atom stereocenters. The van der Waals surface area contributed by atoms with Crippen LogP contribution in [0, 0.1) is 0 Å². The maximum Gasteiger partial charge on any atom is 0.143 e. The number of benzene rings is 3. The number of ether oxygens (including phenoxy) is 3. The summed E-state index contributed by atoms with van der Waals surface area (Å²) in [5.74, 6) is 1.67. The maximum atomic E-state index is 6.93. The molecule has 0 saturated carbocycles. The average Bonchev–Trinajstić information content (AvgIpc) is 2.96. The molecule has 3 rings (SSSR count). The van der Waals surface area contributed by atoms with Crippen LogP contribution >= 0.6 is 0 Å². The number of hydrogen-bond acceptors (Lipinski definition) is 4. The van der Waals surface area contributed by atoms with E-state index < -0.39 is 5.60 Å². The van der Waals surface area contributed by atoms with E-state index in [9.17, 15) is 0 Å². The zero-order valence-electron chi connectivity index (χ0n) is 22.8.